The van der Waals surface area contributed by atoms with E-state index in [0.717, 1.165) is 0 Å². The monoisotopic (exact) mass is 218 g/mol. The largest absolute Gasteiger partial charge is 0.465 e. The summed E-state index contributed by atoms with van der Waals surface area (Å²) < 4.78 is 15.5. The van der Waals surface area contributed by atoms with Gasteiger partial charge in [-0.25, -0.2) is 0 Å². The minimum Gasteiger partial charge on any atom is -0.465 e. The molecule has 0 aliphatic heterocycles. The van der Waals surface area contributed by atoms with Gasteiger partial charge in [0.15, 0.2) is 0 Å². The Labute approximate surface area is 91.9 Å². The average molecular weight is 218 g/mol. The second-order valence-electron chi connectivity index (χ2n) is 4.07. The number of carbonyl (C=O) groups is 1. The number of rotatable bonds is 7. The molecule has 0 N–H and O–H groups in total. The van der Waals surface area contributed by atoms with Crippen LogP contribution in [0.5, 0.6) is 0 Å². The molecule has 0 aromatic heterocycles. The Morgan fingerprint density at radius 2 is 1.93 bits per heavy atom. The second kappa shape index (κ2) is 6.80. The average Bonchev–Trinajstić information content (AvgIpc) is 2.15. The van der Waals surface area contributed by atoms with Crippen molar-refractivity contribution in [3.05, 3.63) is 0 Å². The van der Waals surface area contributed by atoms with E-state index in [-0.39, 0.29) is 12.1 Å². The molecule has 0 amide bonds. The van der Waals surface area contributed by atoms with E-state index in [9.17, 15) is 4.79 Å². The molecule has 1 atom stereocenters. The van der Waals surface area contributed by atoms with Crippen molar-refractivity contribution < 1.29 is 19.0 Å². The summed E-state index contributed by atoms with van der Waals surface area (Å²) in [5, 5.41) is 0. The van der Waals surface area contributed by atoms with Crippen molar-refractivity contribution >= 4 is 5.97 Å². The van der Waals surface area contributed by atoms with Crippen LogP contribution in [0.4, 0.5) is 0 Å². The Morgan fingerprint density at radius 3 is 2.33 bits per heavy atom. The maximum Gasteiger partial charge on any atom is 0.316 e. The molecule has 0 bridgehead atoms. The molecular weight excluding hydrogens is 196 g/mol. The fraction of sp³-hybridized carbons (Fsp3) is 0.909. The molecule has 90 valence electrons. The highest BCUT2D eigenvalue weighted by atomic mass is 16.5. The fourth-order valence-electron chi connectivity index (χ4n) is 1.13. The van der Waals surface area contributed by atoms with Crippen LogP contribution in [0.2, 0.25) is 0 Å². The van der Waals surface area contributed by atoms with E-state index in [1.807, 2.05) is 13.8 Å². The molecule has 0 radical (unpaired) electrons. The summed E-state index contributed by atoms with van der Waals surface area (Å²) in [5.74, 6) is -0.271. The van der Waals surface area contributed by atoms with Crippen LogP contribution in [-0.4, -0.2) is 39.0 Å². The quantitative estimate of drug-likeness (QED) is 0.609. The summed E-state index contributed by atoms with van der Waals surface area (Å²) in [4.78, 5) is 11.7. The second-order valence-corrected chi connectivity index (χ2v) is 4.07. The summed E-state index contributed by atoms with van der Waals surface area (Å²) >= 11 is 0. The van der Waals surface area contributed by atoms with Crippen LogP contribution in [0.15, 0.2) is 0 Å². The van der Waals surface area contributed by atoms with E-state index in [1.54, 1.807) is 21.0 Å². The van der Waals surface area contributed by atoms with Crippen LogP contribution in [0.25, 0.3) is 0 Å². The normalized spacial score (nSPS) is 15.1. The molecule has 0 aliphatic rings. The number of methoxy groups -OCH3 is 1. The van der Waals surface area contributed by atoms with Gasteiger partial charge >= 0.3 is 5.97 Å². The first-order valence-electron chi connectivity index (χ1n) is 5.24. The first kappa shape index (κ1) is 14.4. The highest BCUT2D eigenvalue weighted by Gasteiger charge is 2.35. The van der Waals surface area contributed by atoms with Gasteiger partial charge in [0, 0.05) is 7.11 Å². The van der Waals surface area contributed by atoms with Crippen molar-refractivity contribution in [3.8, 4) is 0 Å². The van der Waals surface area contributed by atoms with Crippen LogP contribution in [0, 0.1) is 5.41 Å². The van der Waals surface area contributed by atoms with Gasteiger partial charge < -0.3 is 14.2 Å². The molecule has 0 fully saturated rings. The number of carbonyl (C=O) groups excluding carboxylic acids is 1. The summed E-state index contributed by atoms with van der Waals surface area (Å²) in [6.07, 6.45) is 0.0932. The number of ether oxygens (including phenoxy) is 3. The SMILES string of the molecule is CCOC(=O)C(C)(COC)COC(C)C. The highest BCUT2D eigenvalue weighted by molar-refractivity contribution is 5.76. The van der Waals surface area contributed by atoms with E-state index >= 15 is 0 Å². The van der Waals surface area contributed by atoms with Crippen LogP contribution in [0.3, 0.4) is 0 Å². The molecule has 1 unspecified atom stereocenters. The van der Waals surface area contributed by atoms with E-state index in [0.29, 0.717) is 19.8 Å². The molecule has 0 aliphatic carbocycles. The maximum absolute atomic E-state index is 11.7. The Hall–Kier alpha value is -0.610. The van der Waals surface area contributed by atoms with Gasteiger partial charge in [-0.2, -0.15) is 0 Å². The summed E-state index contributed by atoms with van der Waals surface area (Å²) in [6.45, 7) is 8.43. The summed E-state index contributed by atoms with van der Waals surface area (Å²) in [5.41, 5.74) is -0.713. The fourth-order valence-corrected chi connectivity index (χ4v) is 1.13. The first-order valence-corrected chi connectivity index (χ1v) is 5.24. The van der Waals surface area contributed by atoms with Gasteiger partial charge in [0.05, 0.1) is 25.9 Å². The van der Waals surface area contributed by atoms with Crippen LogP contribution < -0.4 is 0 Å². The molecule has 0 rings (SSSR count). The lowest BCUT2D eigenvalue weighted by Gasteiger charge is -2.26. The van der Waals surface area contributed by atoms with E-state index in [2.05, 4.69) is 0 Å². The first-order chi connectivity index (χ1) is 6.96. The number of hydrogen-bond donors (Lipinski definition) is 0. The molecule has 0 heterocycles. The zero-order valence-corrected chi connectivity index (χ0v) is 10.3. The Kier molecular flexibility index (Phi) is 6.52. The predicted molar refractivity (Wildman–Crippen MR) is 57.7 cm³/mol. The molecule has 0 saturated heterocycles. The van der Waals surface area contributed by atoms with Gasteiger partial charge in [0.1, 0.15) is 5.41 Å². The minimum atomic E-state index is -0.713. The van der Waals surface area contributed by atoms with Crippen molar-refractivity contribution in [3.63, 3.8) is 0 Å². The Bertz CT molecular complexity index is 191. The molecule has 0 spiro atoms. The summed E-state index contributed by atoms with van der Waals surface area (Å²) in [7, 11) is 1.56. The van der Waals surface area contributed by atoms with Crippen molar-refractivity contribution in [1.82, 2.24) is 0 Å². The minimum absolute atomic E-state index is 0.0932. The van der Waals surface area contributed by atoms with Crippen molar-refractivity contribution in [2.24, 2.45) is 5.41 Å². The molecule has 0 aromatic rings. The molecule has 4 nitrogen and oxygen atoms in total. The third-order valence-corrected chi connectivity index (χ3v) is 1.97. The van der Waals surface area contributed by atoms with Gasteiger partial charge in [-0.15, -0.1) is 0 Å². The van der Waals surface area contributed by atoms with Crippen molar-refractivity contribution in [1.29, 1.82) is 0 Å². The zero-order valence-electron chi connectivity index (χ0n) is 10.3. The standard InChI is InChI=1S/C11H22O4/c1-6-14-10(12)11(4,7-13-5)8-15-9(2)3/h9H,6-8H2,1-5H3. The molecule has 0 saturated carbocycles. The molecular formula is C11H22O4. The van der Waals surface area contributed by atoms with Gasteiger partial charge in [-0.1, -0.05) is 0 Å². The van der Waals surface area contributed by atoms with E-state index < -0.39 is 5.41 Å². The lowest BCUT2D eigenvalue weighted by atomic mass is 9.93. The third-order valence-electron chi connectivity index (χ3n) is 1.97. The topological polar surface area (TPSA) is 44.8 Å². The molecule has 15 heavy (non-hydrogen) atoms. The number of esters is 1. The van der Waals surface area contributed by atoms with Gasteiger partial charge in [-0.05, 0) is 27.7 Å². The zero-order chi connectivity index (χ0) is 11.9. The van der Waals surface area contributed by atoms with Gasteiger partial charge in [-0.3, -0.25) is 4.79 Å². The lowest BCUT2D eigenvalue weighted by Crippen LogP contribution is -2.39. The lowest BCUT2D eigenvalue weighted by molar-refractivity contribution is -0.163. The van der Waals surface area contributed by atoms with E-state index in [4.69, 9.17) is 14.2 Å². The van der Waals surface area contributed by atoms with Gasteiger partial charge in [0.25, 0.3) is 0 Å². The predicted octanol–water partition coefficient (Wildman–Crippen LogP) is 1.63. The van der Waals surface area contributed by atoms with Gasteiger partial charge in [0.2, 0.25) is 0 Å². The van der Waals surface area contributed by atoms with Crippen molar-refractivity contribution in [2.45, 2.75) is 33.8 Å². The molecule has 4 heteroatoms. The van der Waals surface area contributed by atoms with Crippen molar-refractivity contribution in [2.75, 3.05) is 26.9 Å². The third kappa shape index (κ3) is 5.14. The van der Waals surface area contributed by atoms with Crippen LogP contribution >= 0.6 is 0 Å². The van der Waals surface area contributed by atoms with Crippen LogP contribution in [-0.2, 0) is 19.0 Å². The van der Waals surface area contributed by atoms with E-state index in [1.165, 1.54) is 0 Å². The number of hydrogen-bond acceptors (Lipinski definition) is 4. The smallest absolute Gasteiger partial charge is 0.316 e. The van der Waals surface area contributed by atoms with Crippen LogP contribution in [0.1, 0.15) is 27.7 Å². The Morgan fingerprint density at radius 1 is 1.33 bits per heavy atom. The summed E-state index contributed by atoms with van der Waals surface area (Å²) in [6, 6.07) is 0. The highest BCUT2D eigenvalue weighted by Crippen LogP contribution is 2.20. The Balaban J connectivity index is 4.36. The maximum atomic E-state index is 11.7. The molecule has 0 aromatic carbocycles.